The maximum absolute atomic E-state index is 10.1. The molecule has 0 saturated carbocycles. The van der Waals surface area contributed by atoms with Crippen molar-refractivity contribution >= 4 is 0 Å². The predicted octanol–water partition coefficient (Wildman–Crippen LogP) is 10.5. The zero-order valence-electron chi connectivity index (χ0n) is 28.0. The Hall–Kier alpha value is -2.94. The molecule has 0 aromatic rings. The Balaban J connectivity index is 1.90. The van der Waals surface area contributed by atoms with Crippen molar-refractivity contribution < 1.29 is 10.2 Å². The van der Waals surface area contributed by atoms with Crippen molar-refractivity contribution in [2.75, 3.05) is 0 Å². The Morgan fingerprint density at radius 2 is 0.857 bits per heavy atom. The molecule has 0 saturated heterocycles. The van der Waals surface area contributed by atoms with Gasteiger partial charge in [0.05, 0.1) is 12.2 Å². The fourth-order valence-corrected chi connectivity index (χ4v) is 6.13. The summed E-state index contributed by atoms with van der Waals surface area (Å²) in [5, 5.41) is 20.2. The van der Waals surface area contributed by atoms with Crippen molar-refractivity contribution in [3.05, 3.63) is 130 Å². The van der Waals surface area contributed by atoms with Gasteiger partial charge in [-0.3, -0.25) is 0 Å². The number of hydrogen-bond donors (Lipinski definition) is 2. The molecule has 2 heteroatoms. The Labute approximate surface area is 257 Å². The molecule has 2 aliphatic carbocycles. The van der Waals surface area contributed by atoms with E-state index in [0.29, 0.717) is 0 Å². The fourth-order valence-electron chi connectivity index (χ4n) is 6.13. The Kier molecular flexibility index (Phi) is 13.5. The molecule has 0 aliphatic heterocycles. The van der Waals surface area contributed by atoms with Gasteiger partial charge >= 0.3 is 0 Å². The van der Waals surface area contributed by atoms with Crippen LogP contribution in [0.1, 0.15) is 94.9 Å². The van der Waals surface area contributed by atoms with E-state index in [1.165, 1.54) is 44.6 Å². The van der Waals surface area contributed by atoms with Crippen LogP contribution in [0.15, 0.2) is 130 Å². The summed E-state index contributed by atoms with van der Waals surface area (Å²) in [6, 6.07) is 0. The van der Waals surface area contributed by atoms with Gasteiger partial charge in [0.15, 0.2) is 0 Å². The van der Waals surface area contributed by atoms with Gasteiger partial charge in [0.25, 0.3) is 0 Å². The third-order valence-electron chi connectivity index (χ3n) is 8.24. The van der Waals surface area contributed by atoms with Crippen LogP contribution in [-0.4, -0.2) is 22.4 Å². The topological polar surface area (TPSA) is 40.5 Å². The molecule has 2 N–H and O–H groups in total. The third kappa shape index (κ3) is 11.7. The molecule has 0 heterocycles. The molecule has 228 valence electrons. The van der Waals surface area contributed by atoms with Crippen LogP contribution in [0.25, 0.3) is 0 Å². The second-order valence-electron chi connectivity index (χ2n) is 13.7. The van der Waals surface area contributed by atoms with E-state index in [1.54, 1.807) is 0 Å². The van der Waals surface area contributed by atoms with Crippen LogP contribution >= 0.6 is 0 Å². The largest absolute Gasteiger partial charge is 0.393 e. The van der Waals surface area contributed by atoms with Gasteiger partial charge in [0.1, 0.15) is 0 Å². The lowest BCUT2D eigenvalue weighted by atomic mass is 9.71. The van der Waals surface area contributed by atoms with E-state index in [0.717, 1.165) is 25.7 Å². The standard InChI is InChI=1S/C40H56O2/c1-29(17-13-19-31(3)21-23-37-33(5)25-35(41)27-39(37,7)8)15-11-12-16-30(2)18-14-20-32(4)22-24-38-34(6)26-36(42)28-40(38,9)10/h11-24,35-36,41-42H,25-28H2,1-10H3/b12-11+,17-13+,18-14+,23-21-,24-22-,29-15-,30-16+,31-19+,32-20+/t35-,36-/m1/s1. The zero-order chi connectivity index (χ0) is 31.5. The minimum Gasteiger partial charge on any atom is -0.393 e. The van der Waals surface area contributed by atoms with Crippen LogP contribution in [0.4, 0.5) is 0 Å². The lowest BCUT2D eigenvalue weighted by Gasteiger charge is -2.35. The molecule has 42 heavy (non-hydrogen) atoms. The zero-order valence-corrected chi connectivity index (χ0v) is 28.0. The van der Waals surface area contributed by atoms with Crippen LogP contribution in [0.5, 0.6) is 0 Å². The van der Waals surface area contributed by atoms with Crippen LogP contribution in [0, 0.1) is 10.8 Å². The number of allylic oxidation sites excluding steroid dienone is 20. The third-order valence-corrected chi connectivity index (χ3v) is 8.24. The number of hydrogen-bond acceptors (Lipinski definition) is 2. The van der Waals surface area contributed by atoms with E-state index in [9.17, 15) is 10.2 Å². The van der Waals surface area contributed by atoms with Crippen molar-refractivity contribution in [3.8, 4) is 0 Å². The van der Waals surface area contributed by atoms with Crippen LogP contribution < -0.4 is 0 Å². The number of aliphatic hydroxyl groups excluding tert-OH is 2. The summed E-state index contributed by atoms with van der Waals surface area (Å²) >= 11 is 0. The number of aliphatic hydroxyl groups is 2. The van der Waals surface area contributed by atoms with Gasteiger partial charge in [-0.25, -0.2) is 0 Å². The average Bonchev–Trinajstić information content (AvgIpc) is 2.84. The SMILES string of the molecule is CC1=C(\C=C/C(C)=C/C=C/C(C)=C\C=C\C=C(C)\C=C\C=C(C)\C=C/C2=C(C)C[C@@H](O)CC2(C)C)C(C)(C)C[C@H](O)C1. The van der Waals surface area contributed by atoms with Crippen LogP contribution in [0.3, 0.4) is 0 Å². The van der Waals surface area contributed by atoms with Crippen LogP contribution in [-0.2, 0) is 0 Å². The first-order valence-electron chi connectivity index (χ1n) is 15.5. The van der Waals surface area contributed by atoms with Crippen molar-refractivity contribution in [2.45, 2.75) is 107 Å². The van der Waals surface area contributed by atoms with Gasteiger partial charge in [0.2, 0.25) is 0 Å². The number of rotatable bonds is 10. The normalized spacial score (nSPS) is 25.0. The van der Waals surface area contributed by atoms with Gasteiger partial charge in [-0.15, -0.1) is 0 Å². The monoisotopic (exact) mass is 568 g/mol. The molecule has 0 aromatic heterocycles. The first-order valence-corrected chi connectivity index (χ1v) is 15.5. The van der Waals surface area contributed by atoms with E-state index in [2.05, 4.69) is 154 Å². The summed E-state index contributed by atoms with van der Waals surface area (Å²) in [6.45, 7) is 21.6. The molecule has 0 aromatic carbocycles. The van der Waals surface area contributed by atoms with E-state index in [1.807, 2.05) is 0 Å². The average molecular weight is 569 g/mol. The molecule has 0 unspecified atom stereocenters. The van der Waals surface area contributed by atoms with Gasteiger partial charge in [0, 0.05) is 0 Å². The van der Waals surface area contributed by atoms with E-state index in [-0.39, 0.29) is 23.0 Å². The van der Waals surface area contributed by atoms with Gasteiger partial charge < -0.3 is 10.2 Å². The van der Waals surface area contributed by atoms with Gasteiger partial charge in [-0.1, -0.05) is 146 Å². The summed E-state index contributed by atoms with van der Waals surface area (Å²) in [5.74, 6) is 0. The van der Waals surface area contributed by atoms with Crippen molar-refractivity contribution in [3.63, 3.8) is 0 Å². The molecular weight excluding hydrogens is 512 g/mol. The molecule has 0 bridgehead atoms. The lowest BCUT2D eigenvalue weighted by molar-refractivity contribution is 0.116. The maximum Gasteiger partial charge on any atom is 0.0585 e. The molecule has 0 spiro atoms. The minimum atomic E-state index is -0.227. The molecule has 0 fully saturated rings. The Bertz CT molecular complexity index is 1190. The predicted molar refractivity (Wildman–Crippen MR) is 184 cm³/mol. The molecule has 0 amide bonds. The van der Waals surface area contributed by atoms with Crippen molar-refractivity contribution in [2.24, 2.45) is 10.8 Å². The molecule has 2 aliphatic rings. The van der Waals surface area contributed by atoms with Gasteiger partial charge in [-0.2, -0.15) is 0 Å². The maximum atomic E-state index is 10.1. The van der Waals surface area contributed by atoms with Crippen molar-refractivity contribution in [1.29, 1.82) is 0 Å². The molecule has 2 atom stereocenters. The highest BCUT2D eigenvalue weighted by molar-refractivity contribution is 5.39. The Morgan fingerprint density at radius 1 is 0.548 bits per heavy atom. The fraction of sp³-hybridized carbons (Fsp3) is 0.450. The first kappa shape index (κ1) is 35.3. The smallest absolute Gasteiger partial charge is 0.0585 e. The highest BCUT2D eigenvalue weighted by Crippen LogP contribution is 2.42. The summed E-state index contributed by atoms with van der Waals surface area (Å²) < 4.78 is 0. The quantitative estimate of drug-likeness (QED) is 0.257. The second-order valence-corrected chi connectivity index (χ2v) is 13.7. The minimum absolute atomic E-state index is 0.00547. The van der Waals surface area contributed by atoms with E-state index >= 15 is 0 Å². The molecule has 0 radical (unpaired) electrons. The highest BCUT2D eigenvalue weighted by atomic mass is 16.3. The summed E-state index contributed by atoms with van der Waals surface area (Å²) in [6.07, 6.45) is 32.6. The molecule has 2 nitrogen and oxygen atoms in total. The highest BCUT2D eigenvalue weighted by Gasteiger charge is 2.32. The second kappa shape index (κ2) is 16.1. The summed E-state index contributed by atoms with van der Waals surface area (Å²) in [7, 11) is 0. The van der Waals surface area contributed by atoms with E-state index in [4.69, 9.17) is 0 Å². The van der Waals surface area contributed by atoms with Crippen LogP contribution in [0.2, 0.25) is 0 Å². The van der Waals surface area contributed by atoms with Crippen molar-refractivity contribution in [1.82, 2.24) is 0 Å². The summed E-state index contributed by atoms with van der Waals surface area (Å²) in [4.78, 5) is 0. The Morgan fingerprint density at radius 3 is 1.19 bits per heavy atom. The molecular formula is C40H56O2. The lowest BCUT2D eigenvalue weighted by Crippen LogP contribution is -2.28. The molecule has 2 rings (SSSR count). The summed E-state index contributed by atoms with van der Waals surface area (Å²) in [5.41, 5.74) is 10.1. The van der Waals surface area contributed by atoms with Gasteiger partial charge in [-0.05, 0) is 89.2 Å². The first-order chi connectivity index (χ1) is 19.6. The van der Waals surface area contributed by atoms with E-state index < -0.39 is 0 Å².